The number of β-lactam (4-membered cyclic amide) rings is 1. The summed E-state index contributed by atoms with van der Waals surface area (Å²) in [4.78, 5) is 59.1. The van der Waals surface area contributed by atoms with E-state index >= 15 is 0 Å². The number of nitrogens with zero attached hydrogens (tertiary/aromatic N) is 3. The first-order valence-corrected chi connectivity index (χ1v) is 10.1. The number of phenolic OH excluding ortho intramolecular Hbond substituents is 1. The highest BCUT2D eigenvalue weighted by molar-refractivity contribution is 8.00. The quantitative estimate of drug-likeness (QED) is 0.104. The molecule has 15 nitrogen and oxygen atoms in total. The molecule has 2 heterocycles. The molecule has 2 aliphatic heterocycles. The van der Waals surface area contributed by atoms with Crippen molar-refractivity contribution < 1.29 is 44.3 Å². The van der Waals surface area contributed by atoms with Crippen molar-refractivity contribution in [2.24, 2.45) is 16.3 Å². The molecule has 6 N–H and O–H groups in total. The number of nitrogens with two attached hydrogens (primary N) is 1. The predicted octanol–water partition coefficient (Wildman–Crippen LogP) is -0.955. The Morgan fingerprint density at radius 2 is 2.12 bits per heavy atom. The van der Waals surface area contributed by atoms with Gasteiger partial charge in [0.2, 0.25) is 5.91 Å². The average molecular weight is 483 g/mol. The monoisotopic (exact) mass is 483 g/mol. The molecule has 0 aliphatic carbocycles. The summed E-state index contributed by atoms with van der Waals surface area (Å²) in [5.74, 6) is -3.66. The van der Waals surface area contributed by atoms with Gasteiger partial charge in [-0.1, -0.05) is 5.16 Å². The number of carbonyl (C=O) groups is 4. The van der Waals surface area contributed by atoms with Crippen LogP contribution in [0.4, 0.5) is 10.5 Å². The van der Waals surface area contributed by atoms with Crippen LogP contribution < -0.4 is 11.1 Å². The van der Waals surface area contributed by atoms with E-state index in [1.54, 1.807) is 0 Å². The molecule has 16 heteroatoms. The number of carboxylic acid groups (broad SMARTS) is 1. The number of phenols is 1. The van der Waals surface area contributed by atoms with Crippen LogP contribution in [0, 0.1) is 15.5 Å². The van der Waals surface area contributed by atoms with Crippen LogP contribution in [0.5, 0.6) is 5.75 Å². The number of aromatic hydroxyl groups is 1. The zero-order chi connectivity index (χ0) is 24.5. The maximum atomic E-state index is 12.6. The summed E-state index contributed by atoms with van der Waals surface area (Å²) >= 11 is 1.03. The van der Waals surface area contributed by atoms with Gasteiger partial charge in [-0.15, -0.1) is 11.8 Å². The van der Waals surface area contributed by atoms with Gasteiger partial charge < -0.3 is 36.1 Å². The molecule has 176 valence electrons. The molecule has 3 amide bonds. The SMILES string of the molecule is NC(=O)OCC1(C(=O)O)CS[C@@H]2C(NC(=O)C(=NO)c3ccc(O)c([N+](=O)[O-])c3)C(=O)N2C1. The van der Waals surface area contributed by atoms with Crippen molar-refractivity contribution in [3.8, 4) is 5.75 Å². The molecular weight excluding hydrogens is 466 g/mol. The van der Waals surface area contributed by atoms with Crippen LogP contribution in [0.1, 0.15) is 5.56 Å². The fourth-order valence-corrected chi connectivity index (χ4v) is 4.90. The lowest BCUT2D eigenvalue weighted by atomic mass is 9.88. The zero-order valence-corrected chi connectivity index (χ0v) is 17.4. The highest BCUT2D eigenvalue weighted by Gasteiger charge is 2.58. The number of carboxylic acids is 1. The Hall–Kier alpha value is -4.08. The molecule has 0 radical (unpaired) electrons. The number of hydrogen-bond donors (Lipinski definition) is 5. The van der Waals surface area contributed by atoms with Crippen molar-refractivity contribution in [3.05, 3.63) is 33.9 Å². The van der Waals surface area contributed by atoms with Crippen molar-refractivity contribution >= 4 is 47.0 Å². The molecule has 33 heavy (non-hydrogen) atoms. The summed E-state index contributed by atoms with van der Waals surface area (Å²) < 4.78 is 4.64. The molecular formula is C17H17N5O10S. The normalized spacial score (nSPS) is 24.3. The number of hydrogen-bond acceptors (Lipinski definition) is 11. The molecule has 0 aromatic heterocycles. The van der Waals surface area contributed by atoms with Crippen LogP contribution in [-0.4, -0.2) is 85.2 Å². The summed E-state index contributed by atoms with van der Waals surface area (Å²) in [5, 5.41) is 43.9. The Morgan fingerprint density at radius 1 is 1.42 bits per heavy atom. The molecule has 3 rings (SSSR count). The van der Waals surface area contributed by atoms with Crippen LogP contribution in [0.3, 0.4) is 0 Å². The van der Waals surface area contributed by atoms with E-state index in [4.69, 9.17) is 5.73 Å². The first kappa shape index (κ1) is 23.6. The Labute approximate surface area is 188 Å². The second-order valence-corrected chi connectivity index (χ2v) is 8.33. The third kappa shape index (κ3) is 4.32. The minimum Gasteiger partial charge on any atom is -0.502 e. The number of ether oxygens (including phenoxy) is 1. The van der Waals surface area contributed by atoms with Gasteiger partial charge in [-0.3, -0.25) is 24.5 Å². The van der Waals surface area contributed by atoms with E-state index < -0.39 is 69.4 Å². The minimum absolute atomic E-state index is 0.0540. The third-order valence-electron chi connectivity index (χ3n) is 5.14. The number of rotatable bonds is 7. The Bertz CT molecular complexity index is 1080. The fourth-order valence-electron chi connectivity index (χ4n) is 3.38. The van der Waals surface area contributed by atoms with Crippen molar-refractivity contribution in [2.45, 2.75) is 11.4 Å². The Balaban J connectivity index is 1.72. The smallest absolute Gasteiger partial charge is 0.404 e. The summed E-state index contributed by atoms with van der Waals surface area (Å²) in [7, 11) is 0. The fraction of sp³-hybridized carbons (Fsp3) is 0.353. The lowest BCUT2D eigenvalue weighted by Crippen LogP contribution is -2.74. The van der Waals surface area contributed by atoms with Crippen LogP contribution in [0.25, 0.3) is 0 Å². The Morgan fingerprint density at radius 3 is 2.70 bits per heavy atom. The number of aliphatic carboxylic acids is 1. The molecule has 3 atom stereocenters. The van der Waals surface area contributed by atoms with Crippen LogP contribution >= 0.6 is 11.8 Å². The molecule has 2 unspecified atom stereocenters. The van der Waals surface area contributed by atoms with Crippen molar-refractivity contribution in [1.29, 1.82) is 0 Å². The molecule has 2 aliphatic rings. The minimum atomic E-state index is -1.58. The first-order chi connectivity index (χ1) is 15.5. The molecule has 0 bridgehead atoms. The largest absolute Gasteiger partial charge is 0.502 e. The molecule has 2 saturated heterocycles. The second kappa shape index (κ2) is 8.81. The number of fused-ring (bicyclic) bond motifs is 1. The molecule has 1 aromatic rings. The number of thioether (sulfide) groups is 1. The highest BCUT2D eigenvalue weighted by Crippen LogP contribution is 2.42. The van der Waals surface area contributed by atoms with E-state index in [-0.39, 0.29) is 17.9 Å². The van der Waals surface area contributed by atoms with Crippen LogP contribution in [0.15, 0.2) is 23.4 Å². The summed E-state index contributed by atoms with van der Waals surface area (Å²) in [5.41, 5.74) is 1.77. The van der Waals surface area contributed by atoms with Gasteiger partial charge in [0.25, 0.3) is 5.91 Å². The number of primary amides is 1. The van der Waals surface area contributed by atoms with Crippen molar-refractivity contribution in [3.63, 3.8) is 0 Å². The van der Waals surface area contributed by atoms with Gasteiger partial charge in [0.1, 0.15) is 23.4 Å². The topological polar surface area (TPSA) is 235 Å². The molecule has 1 aromatic carbocycles. The van der Waals surface area contributed by atoms with E-state index in [0.717, 1.165) is 30.0 Å². The number of nitro groups is 1. The van der Waals surface area contributed by atoms with Crippen LogP contribution in [-0.2, 0) is 19.1 Å². The second-order valence-electron chi connectivity index (χ2n) is 7.22. The van der Waals surface area contributed by atoms with Gasteiger partial charge in [0, 0.05) is 23.9 Å². The van der Waals surface area contributed by atoms with Gasteiger partial charge >= 0.3 is 17.7 Å². The van der Waals surface area contributed by atoms with Gasteiger partial charge in [0.15, 0.2) is 11.5 Å². The maximum absolute atomic E-state index is 12.6. The van der Waals surface area contributed by atoms with E-state index in [1.165, 1.54) is 4.90 Å². The van der Waals surface area contributed by atoms with Gasteiger partial charge in [-0.2, -0.15) is 0 Å². The number of nitrogens with one attached hydrogen (secondary N) is 1. The number of carbonyl (C=O) groups excluding carboxylic acids is 3. The number of nitro benzene ring substituents is 1. The summed E-state index contributed by atoms with van der Waals surface area (Å²) in [6, 6.07) is 1.80. The number of amides is 3. The molecule has 0 saturated carbocycles. The third-order valence-corrected chi connectivity index (χ3v) is 6.72. The van der Waals surface area contributed by atoms with Crippen molar-refractivity contribution in [2.75, 3.05) is 18.9 Å². The lowest BCUT2D eigenvalue weighted by Gasteiger charge is -2.53. The van der Waals surface area contributed by atoms with Crippen molar-refractivity contribution in [1.82, 2.24) is 10.2 Å². The molecule has 0 spiro atoms. The maximum Gasteiger partial charge on any atom is 0.404 e. The highest BCUT2D eigenvalue weighted by atomic mass is 32.2. The van der Waals surface area contributed by atoms with E-state index in [0.29, 0.717) is 0 Å². The van der Waals surface area contributed by atoms with Crippen LogP contribution in [0.2, 0.25) is 0 Å². The number of oxime groups is 1. The van der Waals surface area contributed by atoms with Gasteiger partial charge in [-0.05, 0) is 12.1 Å². The standard InChI is InChI=1S/C17H17N5O10S/c18-16(28)32-5-17(15(26)27)4-21-13(25)11(14(21)33-6-17)19-12(24)10(20-29)7-1-2-9(23)8(3-7)22(30)31/h1-3,11,14,23,29H,4-6H2,(H2,18,28)(H,19,24)(H,26,27)/t11?,14-,17?/m1/s1. The summed E-state index contributed by atoms with van der Waals surface area (Å²) in [6.45, 7) is -0.831. The van der Waals surface area contributed by atoms with E-state index in [9.17, 15) is 44.7 Å². The van der Waals surface area contributed by atoms with E-state index in [1.807, 2.05) is 0 Å². The Kier molecular flexibility index (Phi) is 6.30. The number of benzene rings is 1. The first-order valence-electron chi connectivity index (χ1n) is 9.09. The van der Waals surface area contributed by atoms with Gasteiger partial charge in [-0.25, -0.2) is 4.79 Å². The zero-order valence-electron chi connectivity index (χ0n) is 16.5. The summed E-state index contributed by atoms with van der Waals surface area (Å²) in [6.07, 6.45) is -1.16. The van der Waals surface area contributed by atoms with E-state index in [2.05, 4.69) is 15.2 Å². The average Bonchev–Trinajstić information content (AvgIpc) is 2.76. The lowest BCUT2D eigenvalue weighted by molar-refractivity contribution is -0.385. The predicted molar refractivity (Wildman–Crippen MR) is 109 cm³/mol. The molecule has 2 fully saturated rings. The van der Waals surface area contributed by atoms with Gasteiger partial charge in [0.05, 0.1) is 4.92 Å².